The highest BCUT2D eigenvalue weighted by Crippen LogP contribution is 2.31. The number of aliphatic hydroxyl groups is 1. The van der Waals surface area contributed by atoms with Crippen molar-refractivity contribution in [1.29, 1.82) is 0 Å². The van der Waals surface area contributed by atoms with Crippen LogP contribution in [0.15, 0.2) is 0 Å². The van der Waals surface area contributed by atoms with Crippen LogP contribution < -0.4 is 0 Å². The molecule has 0 radical (unpaired) electrons. The number of ether oxygens (including phenoxy) is 4. The number of rotatable bonds is 6. The van der Waals surface area contributed by atoms with Gasteiger partial charge in [-0.15, -0.1) is 0 Å². The molecule has 1 aliphatic rings. The second-order valence-electron chi connectivity index (χ2n) is 4.14. The minimum atomic E-state index is -1.69. The maximum absolute atomic E-state index is 11.9. The van der Waals surface area contributed by atoms with E-state index < -0.39 is 29.7 Å². The fraction of sp³-hybridized carbons (Fsp3) is 0.833. The van der Waals surface area contributed by atoms with Gasteiger partial charge in [-0.1, -0.05) is 0 Å². The van der Waals surface area contributed by atoms with Crippen molar-refractivity contribution in [3.63, 3.8) is 0 Å². The minimum Gasteiger partial charge on any atom is -0.466 e. The predicted molar refractivity (Wildman–Crippen MR) is 63.1 cm³/mol. The van der Waals surface area contributed by atoms with E-state index in [2.05, 4.69) is 0 Å². The van der Waals surface area contributed by atoms with E-state index in [4.69, 9.17) is 18.9 Å². The van der Waals surface area contributed by atoms with E-state index >= 15 is 0 Å². The van der Waals surface area contributed by atoms with Crippen molar-refractivity contribution in [3.8, 4) is 0 Å². The summed E-state index contributed by atoms with van der Waals surface area (Å²) in [4.78, 5) is 23.5. The summed E-state index contributed by atoms with van der Waals surface area (Å²) in [5, 5.41) is 10.00. The van der Waals surface area contributed by atoms with E-state index in [1.165, 1.54) is 6.92 Å². The molecule has 1 heterocycles. The first kappa shape index (κ1) is 15.9. The van der Waals surface area contributed by atoms with Crippen LogP contribution in [0, 0.1) is 5.92 Å². The molecule has 7 heteroatoms. The van der Waals surface area contributed by atoms with Crippen LogP contribution in [0.3, 0.4) is 0 Å². The summed E-state index contributed by atoms with van der Waals surface area (Å²) in [5.74, 6) is -4.33. The molecule has 110 valence electrons. The quantitative estimate of drug-likeness (QED) is 0.675. The zero-order valence-corrected chi connectivity index (χ0v) is 11.4. The first-order chi connectivity index (χ1) is 8.96. The SMILES string of the molecule is CCOC(=O)C(O)C(C(=O)OCC)C1(C)OCCO1. The van der Waals surface area contributed by atoms with Crippen LogP contribution in [-0.4, -0.2) is 55.4 Å². The van der Waals surface area contributed by atoms with Gasteiger partial charge in [0.05, 0.1) is 26.4 Å². The molecular weight excluding hydrogens is 256 g/mol. The van der Waals surface area contributed by atoms with E-state index in [0.717, 1.165) is 0 Å². The number of hydrogen-bond acceptors (Lipinski definition) is 7. The molecule has 0 spiro atoms. The van der Waals surface area contributed by atoms with Gasteiger partial charge in [0.25, 0.3) is 0 Å². The second kappa shape index (κ2) is 6.83. The highest BCUT2D eigenvalue weighted by molar-refractivity contribution is 5.84. The summed E-state index contributed by atoms with van der Waals surface area (Å²) in [6, 6.07) is 0. The van der Waals surface area contributed by atoms with Crippen LogP contribution in [-0.2, 0) is 28.5 Å². The molecule has 1 saturated heterocycles. The summed E-state index contributed by atoms with van der Waals surface area (Å²) < 4.78 is 20.2. The smallest absolute Gasteiger partial charge is 0.336 e. The summed E-state index contributed by atoms with van der Waals surface area (Å²) in [5.41, 5.74) is 0. The summed E-state index contributed by atoms with van der Waals surface area (Å²) in [6.07, 6.45) is -1.69. The molecule has 0 aromatic rings. The van der Waals surface area contributed by atoms with E-state index in [-0.39, 0.29) is 26.4 Å². The zero-order valence-electron chi connectivity index (χ0n) is 11.4. The van der Waals surface area contributed by atoms with Crippen LogP contribution in [0.4, 0.5) is 0 Å². The molecule has 1 N–H and O–H groups in total. The summed E-state index contributed by atoms with van der Waals surface area (Å²) in [6.45, 7) is 5.51. The van der Waals surface area contributed by atoms with Gasteiger partial charge in [0.15, 0.2) is 11.9 Å². The van der Waals surface area contributed by atoms with E-state index in [1.807, 2.05) is 0 Å². The average molecular weight is 276 g/mol. The maximum atomic E-state index is 11.9. The van der Waals surface area contributed by atoms with Crippen molar-refractivity contribution in [2.75, 3.05) is 26.4 Å². The van der Waals surface area contributed by atoms with Gasteiger partial charge in [-0.2, -0.15) is 0 Å². The van der Waals surface area contributed by atoms with Crippen LogP contribution in [0.5, 0.6) is 0 Å². The van der Waals surface area contributed by atoms with Crippen LogP contribution >= 0.6 is 0 Å². The van der Waals surface area contributed by atoms with Crippen molar-refractivity contribution in [3.05, 3.63) is 0 Å². The topological polar surface area (TPSA) is 91.3 Å². The van der Waals surface area contributed by atoms with Gasteiger partial charge in [0.1, 0.15) is 5.92 Å². The van der Waals surface area contributed by atoms with Gasteiger partial charge in [-0.25, -0.2) is 4.79 Å². The molecule has 1 rings (SSSR count). The molecular formula is C12H20O7. The third kappa shape index (κ3) is 3.65. The van der Waals surface area contributed by atoms with Crippen molar-refractivity contribution in [1.82, 2.24) is 0 Å². The number of carbonyl (C=O) groups is 2. The van der Waals surface area contributed by atoms with Gasteiger partial charge in [0.2, 0.25) is 0 Å². The Morgan fingerprint density at radius 3 is 2.11 bits per heavy atom. The lowest BCUT2D eigenvalue weighted by Crippen LogP contribution is -2.51. The van der Waals surface area contributed by atoms with Gasteiger partial charge in [-0.3, -0.25) is 4.79 Å². The van der Waals surface area contributed by atoms with Crippen molar-refractivity contribution in [2.24, 2.45) is 5.92 Å². The molecule has 2 unspecified atom stereocenters. The molecule has 1 fully saturated rings. The van der Waals surface area contributed by atoms with Gasteiger partial charge < -0.3 is 24.1 Å². The molecule has 0 aliphatic carbocycles. The monoisotopic (exact) mass is 276 g/mol. The maximum Gasteiger partial charge on any atom is 0.336 e. The van der Waals surface area contributed by atoms with Crippen molar-refractivity contribution < 1.29 is 33.6 Å². The Morgan fingerprint density at radius 1 is 1.16 bits per heavy atom. The van der Waals surface area contributed by atoms with Gasteiger partial charge >= 0.3 is 11.9 Å². The van der Waals surface area contributed by atoms with Gasteiger partial charge in [-0.05, 0) is 20.8 Å². The number of hydrogen-bond donors (Lipinski definition) is 1. The standard InChI is InChI=1S/C12H20O7/c1-4-16-10(14)8(9(13)11(15)17-5-2)12(3)18-6-7-19-12/h8-9,13H,4-7H2,1-3H3. The highest BCUT2D eigenvalue weighted by atomic mass is 16.7. The number of aliphatic hydroxyl groups excluding tert-OH is 1. The summed E-state index contributed by atoms with van der Waals surface area (Å²) >= 11 is 0. The van der Waals surface area contributed by atoms with E-state index in [1.54, 1.807) is 13.8 Å². The molecule has 2 atom stereocenters. The van der Waals surface area contributed by atoms with Crippen LogP contribution in [0.2, 0.25) is 0 Å². The first-order valence-electron chi connectivity index (χ1n) is 6.25. The normalized spacial score (nSPS) is 20.6. The largest absolute Gasteiger partial charge is 0.466 e. The van der Waals surface area contributed by atoms with Crippen LogP contribution in [0.1, 0.15) is 20.8 Å². The third-order valence-electron chi connectivity index (χ3n) is 2.81. The second-order valence-corrected chi connectivity index (χ2v) is 4.14. The molecule has 0 aromatic heterocycles. The van der Waals surface area contributed by atoms with Crippen molar-refractivity contribution >= 4 is 11.9 Å². The summed E-state index contributed by atoms with van der Waals surface area (Å²) in [7, 11) is 0. The average Bonchev–Trinajstić information content (AvgIpc) is 2.77. The highest BCUT2D eigenvalue weighted by Gasteiger charge is 2.52. The van der Waals surface area contributed by atoms with Gasteiger partial charge in [0, 0.05) is 0 Å². The lowest BCUT2D eigenvalue weighted by molar-refractivity contribution is -0.221. The predicted octanol–water partition coefficient (Wildman–Crippen LogP) is -0.147. The number of carbonyl (C=O) groups excluding carboxylic acids is 2. The fourth-order valence-electron chi connectivity index (χ4n) is 1.94. The Morgan fingerprint density at radius 2 is 1.63 bits per heavy atom. The molecule has 0 aromatic carbocycles. The molecule has 0 bridgehead atoms. The molecule has 0 saturated carbocycles. The Labute approximate surface area is 111 Å². The molecule has 7 nitrogen and oxygen atoms in total. The Bertz CT molecular complexity index is 322. The third-order valence-corrected chi connectivity index (χ3v) is 2.81. The number of esters is 2. The van der Waals surface area contributed by atoms with Crippen LogP contribution in [0.25, 0.3) is 0 Å². The molecule has 19 heavy (non-hydrogen) atoms. The Balaban J connectivity index is 2.91. The molecule has 0 amide bonds. The Hall–Kier alpha value is -1.18. The lowest BCUT2D eigenvalue weighted by Gasteiger charge is -2.32. The first-order valence-corrected chi connectivity index (χ1v) is 6.25. The lowest BCUT2D eigenvalue weighted by atomic mass is 9.93. The van der Waals surface area contributed by atoms with E-state index in [9.17, 15) is 14.7 Å². The minimum absolute atomic E-state index is 0.101. The van der Waals surface area contributed by atoms with Crippen molar-refractivity contribution in [2.45, 2.75) is 32.7 Å². The Kier molecular flexibility index (Phi) is 5.71. The zero-order chi connectivity index (χ0) is 14.5. The fourth-order valence-corrected chi connectivity index (χ4v) is 1.94. The van der Waals surface area contributed by atoms with E-state index in [0.29, 0.717) is 0 Å². The molecule has 1 aliphatic heterocycles.